The largest absolute Gasteiger partial charge is 0.453 e. The lowest BCUT2D eigenvalue weighted by molar-refractivity contribution is -0.306. The van der Waals surface area contributed by atoms with E-state index in [9.17, 15) is 57.1 Å². The molecule has 0 rings (SSSR count). The maximum Gasteiger partial charge on any atom is 0.453 e. The van der Waals surface area contributed by atoms with Gasteiger partial charge in [-0.15, -0.1) is 0 Å². The van der Waals surface area contributed by atoms with Crippen LogP contribution >= 0.6 is 0 Å². The second-order valence-corrected chi connectivity index (χ2v) is 4.92. The summed E-state index contributed by atoms with van der Waals surface area (Å²) in [7, 11) is 0. The molecule has 0 radical (unpaired) electrons. The minimum absolute atomic E-state index is 0.000199. The molecule has 0 aromatic heterocycles. The van der Waals surface area contributed by atoms with E-state index >= 15 is 0 Å². The van der Waals surface area contributed by atoms with Crippen LogP contribution in [0.3, 0.4) is 0 Å². The molecule has 0 aromatic rings. The zero-order valence-electron chi connectivity index (χ0n) is 11.7. The quantitative estimate of drug-likeness (QED) is 0.563. The van der Waals surface area contributed by atoms with Crippen LogP contribution in [0.15, 0.2) is 0 Å². The highest BCUT2D eigenvalue weighted by Crippen LogP contribution is 2.52. The average molecular weight is 412 g/mol. The van der Waals surface area contributed by atoms with Crippen LogP contribution in [0.4, 0.5) is 57.1 Å². The van der Waals surface area contributed by atoms with Crippen LogP contribution in [0.2, 0.25) is 0 Å². The van der Waals surface area contributed by atoms with E-state index in [4.69, 9.17) is 10.5 Å². The van der Waals surface area contributed by atoms with Crippen LogP contribution in [0, 0.1) is 28.1 Å². The predicted octanol–water partition coefficient (Wildman–Crippen LogP) is 4.82. The Morgan fingerprint density at radius 3 is 1.35 bits per heavy atom. The highest BCUT2D eigenvalue weighted by Gasteiger charge is 2.74. The fraction of sp³-hybridized carbons (Fsp3) is 0.818. The molecule has 0 saturated heterocycles. The Hall–Kier alpha value is -1.93. The maximum atomic E-state index is 13.8. The SMILES string of the molecule is N#CC(C#N)(CC(F)(F)C(F)(F)F)C(F)C(F)(F)C(F)(F)C(F)C(F)F. The first-order valence-electron chi connectivity index (χ1n) is 5.93. The third kappa shape index (κ3) is 3.91. The summed E-state index contributed by atoms with van der Waals surface area (Å²) in [6, 6.07) is 0.000398. The molecule has 0 aliphatic carbocycles. The summed E-state index contributed by atoms with van der Waals surface area (Å²) in [4.78, 5) is 0. The molecule has 0 bridgehead atoms. The number of alkyl halides is 13. The Bertz CT molecular complexity index is 568. The van der Waals surface area contributed by atoms with E-state index in [2.05, 4.69) is 0 Å². The molecule has 2 unspecified atom stereocenters. The molecule has 0 heterocycles. The molecule has 0 fully saturated rings. The topological polar surface area (TPSA) is 47.6 Å². The molecule has 0 aliphatic heterocycles. The van der Waals surface area contributed by atoms with Gasteiger partial charge in [0.25, 0.3) is 6.43 Å². The van der Waals surface area contributed by atoms with Gasteiger partial charge in [-0.2, -0.15) is 50.0 Å². The zero-order chi connectivity index (χ0) is 21.4. The van der Waals surface area contributed by atoms with Gasteiger partial charge in [-0.05, 0) is 0 Å². The molecular weight excluding hydrogens is 407 g/mol. The third-order valence-corrected chi connectivity index (χ3v) is 3.08. The zero-order valence-corrected chi connectivity index (χ0v) is 11.7. The van der Waals surface area contributed by atoms with Crippen molar-refractivity contribution in [3.63, 3.8) is 0 Å². The minimum Gasteiger partial charge on any atom is -0.238 e. The maximum absolute atomic E-state index is 13.8. The van der Waals surface area contributed by atoms with E-state index in [1.807, 2.05) is 0 Å². The van der Waals surface area contributed by atoms with Crippen LogP contribution in [-0.4, -0.2) is 42.7 Å². The summed E-state index contributed by atoms with van der Waals surface area (Å²) in [5.74, 6) is -19.5. The number of hydrogen-bond acceptors (Lipinski definition) is 2. The molecule has 0 saturated carbocycles. The fourth-order valence-electron chi connectivity index (χ4n) is 1.58. The van der Waals surface area contributed by atoms with E-state index in [0.29, 0.717) is 0 Å². The van der Waals surface area contributed by atoms with Gasteiger partial charge in [0.2, 0.25) is 12.3 Å². The van der Waals surface area contributed by atoms with Crippen molar-refractivity contribution in [2.75, 3.05) is 0 Å². The first-order chi connectivity index (χ1) is 11.3. The summed E-state index contributed by atoms with van der Waals surface area (Å²) in [5.41, 5.74) is -4.77. The molecular formula is C11H5F13N2. The van der Waals surface area contributed by atoms with Gasteiger partial charge >= 0.3 is 23.9 Å². The van der Waals surface area contributed by atoms with Crippen molar-refractivity contribution in [2.24, 2.45) is 5.41 Å². The van der Waals surface area contributed by atoms with Crippen LogP contribution in [0.5, 0.6) is 0 Å². The molecule has 0 spiro atoms. The van der Waals surface area contributed by atoms with Crippen molar-refractivity contribution in [3.8, 4) is 12.1 Å². The number of halogens is 13. The van der Waals surface area contributed by atoms with Gasteiger partial charge in [0.05, 0.1) is 18.6 Å². The normalized spacial score (nSPS) is 16.8. The van der Waals surface area contributed by atoms with Crippen molar-refractivity contribution in [1.29, 1.82) is 10.5 Å². The monoisotopic (exact) mass is 412 g/mol. The Morgan fingerprint density at radius 2 is 1.08 bits per heavy atom. The fourth-order valence-corrected chi connectivity index (χ4v) is 1.58. The molecule has 150 valence electrons. The second-order valence-electron chi connectivity index (χ2n) is 4.92. The van der Waals surface area contributed by atoms with Crippen LogP contribution in [-0.2, 0) is 0 Å². The van der Waals surface area contributed by atoms with Gasteiger partial charge in [-0.3, -0.25) is 0 Å². The molecule has 0 aromatic carbocycles. The molecule has 0 amide bonds. The van der Waals surface area contributed by atoms with Crippen molar-refractivity contribution in [3.05, 3.63) is 0 Å². The lowest BCUT2D eigenvalue weighted by Gasteiger charge is -2.36. The van der Waals surface area contributed by atoms with Crippen LogP contribution < -0.4 is 0 Å². The number of hydrogen-bond donors (Lipinski definition) is 0. The molecule has 26 heavy (non-hydrogen) atoms. The predicted molar refractivity (Wildman–Crippen MR) is 55.0 cm³/mol. The minimum atomic E-state index is -6.71. The number of nitrogens with zero attached hydrogens (tertiary/aromatic N) is 2. The first-order valence-corrected chi connectivity index (χ1v) is 5.93. The Morgan fingerprint density at radius 1 is 0.692 bits per heavy atom. The molecule has 15 heteroatoms. The Balaban J connectivity index is 6.21. The van der Waals surface area contributed by atoms with Gasteiger partial charge in [0, 0.05) is 0 Å². The van der Waals surface area contributed by atoms with Crippen LogP contribution in [0.25, 0.3) is 0 Å². The molecule has 0 N–H and O–H groups in total. The van der Waals surface area contributed by atoms with Gasteiger partial charge in [0.1, 0.15) is 0 Å². The summed E-state index contributed by atoms with van der Waals surface area (Å²) in [6.07, 6.45) is -25.1. The molecule has 2 atom stereocenters. The summed E-state index contributed by atoms with van der Waals surface area (Å²) >= 11 is 0. The van der Waals surface area contributed by atoms with Gasteiger partial charge in [-0.25, -0.2) is 17.6 Å². The van der Waals surface area contributed by atoms with Gasteiger partial charge < -0.3 is 0 Å². The first kappa shape index (κ1) is 24.1. The smallest absolute Gasteiger partial charge is 0.238 e. The third-order valence-electron chi connectivity index (χ3n) is 3.08. The van der Waals surface area contributed by atoms with Gasteiger partial charge in [-0.1, -0.05) is 0 Å². The Labute approximate surface area is 135 Å². The Kier molecular flexibility index (Phi) is 6.48. The summed E-state index contributed by atoms with van der Waals surface area (Å²) in [6.45, 7) is 0. The van der Waals surface area contributed by atoms with E-state index < -0.39 is 54.5 Å². The lowest BCUT2D eigenvalue weighted by atomic mass is 9.76. The molecule has 0 aliphatic rings. The standard InChI is InChI=1S/C11H5F13N2/c12-4(5(13)14)9(18,19)10(20,21)6(15)7(2-25,3-26)1-8(16,17)11(22,23)24/h4-6H,1H2. The lowest BCUT2D eigenvalue weighted by Crippen LogP contribution is -2.60. The van der Waals surface area contributed by atoms with E-state index in [-0.39, 0.29) is 12.1 Å². The number of nitriles is 2. The van der Waals surface area contributed by atoms with Crippen molar-refractivity contribution < 1.29 is 57.1 Å². The highest BCUT2D eigenvalue weighted by molar-refractivity contribution is 5.23. The average Bonchev–Trinajstić information content (AvgIpc) is 2.49. The van der Waals surface area contributed by atoms with E-state index in [1.165, 1.54) is 0 Å². The number of rotatable bonds is 7. The summed E-state index contributed by atoms with van der Waals surface area (Å²) in [5, 5.41) is 16.8. The van der Waals surface area contributed by atoms with Gasteiger partial charge in [0.15, 0.2) is 5.41 Å². The second kappa shape index (κ2) is 7.00. The van der Waals surface area contributed by atoms with Crippen molar-refractivity contribution in [2.45, 2.75) is 49.1 Å². The van der Waals surface area contributed by atoms with E-state index in [1.54, 1.807) is 0 Å². The van der Waals surface area contributed by atoms with Crippen molar-refractivity contribution >= 4 is 0 Å². The van der Waals surface area contributed by atoms with E-state index in [0.717, 1.165) is 0 Å². The highest BCUT2D eigenvalue weighted by atomic mass is 19.4. The van der Waals surface area contributed by atoms with Crippen LogP contribution in [0.1, 0.15) is 6.42 Å². The molecule has 2 nitrogen and oxygen atoms in total. The summed E-state index contributed by atoms with van der Waals surface area (Å²) < 4.78 is 165. The van der Waals surface area contributed by atoms with Crippen molar-refractivity contribution in [1.82, 2.24) is 0 Å².